The van der Waals surface area contributed by atoms with Crippen molar-refractivity contribution in [1.82, 2.24) is 20.2 Å². The van der Waals surface area contributed by atoms with Gasteiger partial charge < -0.3 is 30.2 Å². The Balaban J connectivity index is 1.75. The second-order valence-electron chi connectivity index (χ2n) is 8.21. The Morgan fingerprint density at radius 2 is 1.94 bits per heavy atom. The van der Waals surface area contributed by atoms with Gasteiger partial charge in [0.15, 0.2) is 0 Å². The first-order chi connectivity index (χ1) is 15.4. The lowest BCUT2D eigenvalue weighted by Gasteiger charge is -2.18. The molecule has 2 rings (SSSR count). The zero-order valence-corrected chi connectivity index (χ0v) is 18.7. The summed E-state index contributed by atoms with van der Waals surface area (Å²) in [5.74, 6) is -0.393. The number of aromatic nitrogens is 2. The Morgan fingerprint density at radius 1 is 1.19 bits per heavy atom. The van der Waals surface area contributed by atoms with Crippen molar-refractivity contribution in [3.63, 3.8) is 0 Å². The number of hydrogen-bond donors (Lipinski definition) is 4. The highest BCUT2D eigenvalue weighted by Crippen LogP contribution is 2.07. The number of carbonyl (C=O) groups is 2. The molecule has 1 aromatic heterocycles. The van der Waals surface area contributed by atoms with E-state index in [1.165, 1.54) is 0 Å². The summed E-state index contributed by atoms with van der Waals surface area (Å²) < 4.78 is 7.13. The Morgan fingerprint density at radius 3 is 2.59 bits per heavy atom. The van der Waals surface area contributed by atoms with E-state index < -0.39 is 24.1 Å². The standard InChI is InChI=1S/C23H34N4O5/c1-17(2)9-11-27-13-20(25-16-27)12-21(22(29)30)24-10-8-19(14-28)26-23(31)32-15-18-6-4-3-5-7-18/h3-7,13,16-17,19,21,24,28H,8-12,14-15H2,1-2H3,(H,26,31)(H,29,30)/t19-,21-/m0/s1. The van der Waals surface area contributed by atoms with Gasteiger partial charge in [0.25, 0.3) is 0 Å². The van der Waals surface area contributed by atoms with Crippen molar-refractivity contribution >= 4 is 12.1 Å². The first kappa shape index (κ1) is 25.4. The second kappa shape index (κ2) is 13.5. The van der Waals surface area contributed by atoms with Crippen LogP contribution in [0.15, 0.2) is 42.9 Å². The van der Waals surface area contributed by atoms with Gasteiger partial charge in [0.1, 0.15) is 12.6 Å². The number of carbonyl (C=O) groups excluding carboxylic acids is 1. The maximum absolute atomic E-state index is 12.0. The van der Waals surface area contributed by atoms with E-state index in [0.717, 1.165) is 18.5 Å². The Bertz CT molecular complexity index is 825. The highest BCUT2D eigenvalue weighted by atomic mass is 16.5. The van der Waals surface area contributed by atoms with Crippen LogP contribution in [0.1, 0.15) is 37.9 Å². The van der Waals surface area contributed by atoms with E-state index in [1.54, 1.807) is 6.33 Å². The zero-order chi connectivity index (χ0) is 23.3. The summed E-state index contributed by atoms with van der Waals surface area (Å²) in [7, 11) is 0. The average Bonchev–Trinajstić information content (AvgIpc) is 3.23. The van der Waals surface area contributed by atoms with Gasteiger partial charge in [-0.05, 0) is 30.9 Å². The minimum atomic E-state index is -0.975. The molecule has 2 aromatic rings. The van der Waals surface area contributed by atoms with E-state index >= 15 is 0 Å². The van der Waals surface area contributed by atoms with Gasteiger partial charge in [0.05, 0.1) is 24.7 Å². The maximum Gasteiger partial charge on any atom is 0.407 e. The normalized spacial score (nSPS) is 13.0. The summed E-state index contributed by atoms with van der Waals surface area (Å²) in [6, 6.07) is 7.92. The lowest BCUT2D eigenvalue weighted by atomic mass is 10.1. The van der Waals surface area contributed by atoms with Gasteiger partial charge in [-0.25, -0.2) is 9.78 Å². The van der Waals surface area contributed by atoms with E-state index in [2.05, 4.69) is 29.5 Å². The molecule has 0 radical (unpaired) electrons. The van der Waals surface area contributed by atoms with Crippen LogP contribution in [0.4, 0.5) is 4.79 Å². The fourth-order valence-electron chi connectivity index (χ4n) is 3.07. The van der Waals surface area contributed by atoms with Gasteiger partial charge in [-0.1, -0.05) is 44.2 Å². The van der Waals surface area contributed by atoms with Crippen molar-refractivity contribution in [3.05, 3.63) is 54.1 Å². The quantitative estimate of drug-likeness (QED) is 0.350. The van der Waals surface area contributed by atoms with Gasteiger partial charge in [0, 0.05) is 19.2 Å². The topological polar surface area (TPSA) is 126 Å². The summed E-state index contributed by atoms with van der Waals surface area (Å²) in [4.78, 5) is 27.9. The highest BCUT2D eigenvalue weighted by Gasteiger charge is 2.20. The molecule has 0 aliphatic heterocycles. The van der Waals surface area contributed by atoms with Crippen LogP contribution < -0.4 is 10.6 Å². The lowest BCUT2D eigenvalue weighted by molar-refractivity contribution is -0.139. The number of hydrogen-bond acceptors (Lipinski definition) is 6. The summed E-state index contributed by atoms with van der Waals surface area (Å²) in [6.45, 7) is 5.31. The van der Waals surface area contributed by atoms with Crippen LogP contribution in [0.25, 0.3) is 0 Å². The van der Waals surface area contributed by atoms with E-state index in [0.29, 0.717) is 24.6 Å². The predicted molar refractivity (Wildman–Crippen MR) is 120 cm³/mol. The van der Waals surface area contributed by atoms with Crippen LogP contribution in [0.5, 0.6) is 0 Å². The molecule has 2 atom stereocenters. The number of aliphatic hydroxyl groups excluding tert-OH is 1. The van der Waals surface area contributed by atoms with Crippen LogP contribution in [-0.2, 0) is 29.1 Å². The lowest BCUT2D eigenvalue weighted by Crippen LogP contribution is -2.43. The van der Waals surface area contributed by atoms with E-state index in [-0.39, 0.29) is 19.6 Å². The summed E-state index contributed by atoms with van der Waals surface area (Å²) in [6.07, 6.45) is 4.60. The van der Waals surface area contributed by atoms with E-state index in [1.807, 2.05) is 41.1 Å². The minimum absolute atomic E-state index is 0.133. The molecular weight excluding hydrogens is 412 g/mol. The van der Waals surface area contributed by atoms with E-state index in [4.69, 9.17) is 4.74 Å². The molecule has 176 valence electrons. The third-order valence-electron chi connectivity index (χ3n) is 5.00. The van der Waals surface area contributed by atoms with Crippen LogP contribution in [0.3, 0.4) is 0 Å². The first-order valence-electron chi connectivity index (χ1n) is 10.9. The molecule has 1 aromatic carbocycles. The fraction of sp³-hybridized carbons (Fsp3) is 0.522. The number of nitrogens with zero attached hydrogens (tertiary/aromatic N) is 2. The molecule has 0 bridgehead atoms. The van der Waals surface area contributed by atoms with Crippen LogP contribution in [-0.4, -0.2) is 57.1 Å². The van der Waals surface area contributed by atoms with Crippen molar-refractivity contribution in [2.24, 2.45) is 5.92 Å². The average molecular weight is 447 g/mol. The van der Waals surface area contributed by atoms with Gasteiger partial charge in [-0.3, -0.25) is 4.79 Å². The van der Waals surface area contributed by atoms with Gasteiger partial charge in [-0.15, -0.1) is 0 Å². The molecule has 0 fully saturated rings. The molecule has 0 saturated carbocycles. The predicted octanol–water partition coefficient (Wildman–Crippen LogP) is 2.19. The summed E-state index contributed by atoms with van der Waals surface area (Å²) in [5, 5.41) is 24.6. The number of aliphatic carboxylic acids is 1. The molecule has 0 aliphatic carbocycles. The molecule has 0 aliphatic rings. The monoisotopic (exact) mass is 446 g/mol. The van der Waals surface area contributed by atoms with Crippen LogP contribution in [0, 0.1) is 5.92 Å². The van der Waals surface area contributed by atoms with Gasteiger partial charge in [0.2, 0.25) is 0 Å². The fourth-order valence-corrected chi connectivity index (χ4v) is 3.07. The number of carboxylic acids is 1. The number of aliphatic hydroxyl groups is 1. The number of amides is 1. The molecule has 0 spiro atoms. The third kappa shape index (κ3) is 9.49. The maximum atomic E-state index is 12.0. The number of nitrogens with one attached hydrogen (secondary N) is 2. The number of rotatable bonds is 14. The van der Waals surface area contributed by atoms with Crippen molar-refractivity contribution in [1.29, 1.82) is 0 Å². The molecule has 4 N–H and O–H groups in total. The number of alkyl carbamates (subject to hydrolysis) is 1. The Hall–Kier alpha value is -2.91. The molecule has 1 amide bonds. The molecular formula is C23H34N4O5. The van der Waals surface area contributed by atoms with Gasteiger partial charge in [-0.2, -0.15) is 0 Å². The van der Waals surface area contributed by atoms with Gasteiger partial charge >= 0.3 is 12.1 Å². The molecule has 0 saturated heterocycles. The molecule has 1 heterocycles. The number of imidazole rings is 1. The Kier molecular flexibility index (Phi) is 10.7. The number of aryl methyl sites for hydroxylation is 1. The second-order valence-corrected chi connectivity index (χ2v) is 8.21. The Labute approximate surface area is 188 Å². The molecule has 0 unspecified atom stereocenters. The molecule has 9 heteroatoms. The highest BCUT2D eigenvalue weighted by molar-refractivity contribution is 5.73. The molecule has 32 heavy (non-hydrogen) atoms. The molecule has 9 nitrogen and oxygen atoms in total. The van der Waals surface area contributed by atoms with E-state index in [9.17, 15) is 19.8 Å². The largest absolute Gasteiger partial charge is 0.480 e. The number of carboxylic acid groups (broad SMARTS) is 1. The summed E-state index contributed by atoms with van der Waals surface area (Å²) >= 11 is 0. The van der Waals surface area contributed by atoms with Crippen molar-refractivity contribution in [3.8, 4) is 0 Å². The smallest absolute Gasteiger partial charge is 0.407 e. The first-order valence-corrected chi connectivity index (χ1v) is 10.9. The number of benzene rings is 1. The van der Waals surface area contributed by atoms with Crippen LogP contribution >= 0.6 is 0 Å². The number of ether oxygens (including phenoxy) is 1. The van der Waals surface area contributed by atoms with Crippen molar-refractivity contribution in [2.75, 3.05) is 13.2 Å². The third-order valence-corrected chi connectivity index (χ3v) is 5.00. The van der Waals surface area contributed by atoms with Crippen molar-refractivity contribution in [2.45, 2.75) is 58.3 Å². The van der Waals surface area contributed by atoms with Crippen LogP contribution in [0.2, 0.25) is 0 Å². The zero-order valence-electron chi connectivity index (χ0n) is 18.7. The van der Waals surface area contributed by atoms with Crippen molar-refractivity contribution < 1.29 is 24.5 Å². The SMILES string of the molecule is CC(C)CCn1cnc(C[C@H](NCC[C@@H](CO)NC(=O)OCc2ccccc2)C(=O)O)c1. The minimum Gasteiger partial charge on any atom is -0.480 e. The summed E-state index contributed by atoms with van der Waals surface area (Å²) in [5.41, 5.74) is 1.57.